The van der Waals surface area contributed by atoms with Gasteiger partial charge in [0.05, 0.1) is 10.7 Å². The zero-order chi connectivity index (χ0) is 10.2. The average molecular weight is 289 g/mol. The van der Waals surface area contributed by atoms with Gasteiger partial charge >= 0.3 is 10.2 Å². The summed E-state index contributed by atoms with van der Waals surface area (Å²) >= 11 is 8.56. The third-order valence-electron chi connectivity index (χ3n) is 1.44. The van der Waals surface area contributed by atoms with E-state index in [4.69, 9.17) is 11.6 Å². The molecule has 1 heterocycles. The molecule has 0 unspecified atom stereocenters. The summed E-state index contributed by atoms with van der Waals surface area (Å²) in [7, 11) is -4.72. The summed E-state index contributed by atoms with van der Waals surface area (Å²) in [5.74, 6) is 0. The van der Waals surface area contributed by atoms with E-state index in [1.165, 1.54) is 6.92 Å². The van der Waals surface area contributed by atoms with Crippen LogP contribution >= 0.6 is 27.5 Å². The number of hydrogen-bond donors (Lipinski definition) is 0. The SMILES string of the molecule is Cc1c(S(=O)(=O)F)cnc(Cl)c1Br. The first-order chi connectivity index (χ1) is 5.84. The lowest BCUT2D eigenvalue weighted by Gasteiger charge is -2.03. The van der Waals surface area contributed by atoms with E-state index in [-0.39, 0.29) is 15.2 Å². The number of halogens is 3. The van der Waals surface area contributed by atoms with Gasteiger partial charge < -0.3 is 0 Å². The van der Waals surface area contributed by atoms with Gasteiger partial charge in [-0.2, -0.15) is 8.42 Å². The van der Waals surface area contributed by atoms with Gasteiger partial charge in [-0.25, -0.2) is 4.98 Å². The minimum absolute atomic E-state index is 0.102. The fourth-order valence-electron chi connectivity index (χ4n) is 0.777. The van der Waals surface area contributed by atoms with Gasteiger partial charge in [0.25, 0.3) is 0 Å². The summed E-state index contributed by atoms with van der Waals surface area (Å²) in [6.45, 7) is 1.43. The Hall–Kier alpha value is -0.200. The number of rotatable bonds is 1. The van der Waals surface area contributed by atoms with E-state index < -0.39 is 15.1 Å². The standard InChI is InChI=1S/C6H4BrClFNO2S/c1-3-4(13(9,11)12)2-10-6(8)5(3)7/h2H,1H3. The highest BCUT2D eigenvalue weighted by molar-refractivity contribution is 9.10. The van der Waals surface area contributed by atoms with Crippen LogP contribution in [0.15, 0.2) is 15.6 Å². The molecule has 0 N–H and O–H groups in total. The van der Waals surface area contributed by atoms with Gasteiger partial charge in [0.1, 0.15) is 10.0 Å². The second-order valence-electron chi connectivity index (χ2n) is 2.29. The van der Waals surface area contributed by atoms with Crippen molar-refractivity contribution in [1.29, 1.82) is 0 Å². The normalized spacial score (nSPS) is 11.7. The molecule has 0 radical (unpaired) electrons. The Labute approximate surface area is 88.3 Å². The van der Waals surface area contributed by atoms with Crippen LogP contribution in [0.1, 0.15) is 5.56 Å². The molecule has 0 spiro atoms. The summed E-state index contributed by atoms with van der Waals surface area (Å²) < 4.78 is 33.9. The van der Waals surface area contributed by atoms with Crippen LogP contribution in [0.25, 0.3) is 0 Å². The molecule has 1 rings (SSSR count). The maximum atomic E-state index is 12.6. The van der Waals surface area contributed by atoms with Crippen molar-refractivity contribution in [2.75, 3.05) is 0 Å². The summed E-state index contributed by atoms with van der Waals surface area (Å²) in [6, 6.07) is 0. The van der Waals surface area contributed by atoms with Crippen molar-refractivity contribution >= 4 is 37.8 Å². The van der Waals surface area contributed by atoms with Gasteiger partial charge in [0.2, 0.25) is 0 Å². The number of pyridine rings is 1. The molecule has 3 nitrogen and oxygen atoms in total. The lowest BCUT2D eigenvalue weighted by atomic mass is 10.3. The Morgan fingerprint density at radius 2 is 2.15 bits per heavy atom. The molecule has 0 atom stereocenters. The third kappa shape index (κ3) is 2.18. The molecule has 1 aromatic heterocycles. The molecule has 7 heteroatoms. The minimum Gasteiger partial charge on any atom is -0.242 e. The van der Waals surface area contributed by atoms with Crippen molar-refractivity contribution in [3.63, 3.8) is 0 Å². The van der Waals surface area contributed by atoms with Gasteiger partial charge in [0, 0.05) is 0 Å². The highest BCUT2D eigenvalue weighted by Crippen LogP contribution is 2.29. The van der Waals surface area contributed by atoms with Crippen LogP contribution in [0.2, 0.25) is 5.15 Å². The van der Waals surface area contributed by atoms with Crippen molar-refractivity contribution in [1.82, 2.24) is 4.98 Å². The smallest absolute Gasteiger partial charge is 0.242 e. The minimum atomic E-state index is -4.72. The van der Waals surface area contributed by atoms with E-state index in [1.807, 2.05) is 0 Å². The summed E-state index contributed by atoms with van der Waals surface area (Å²) in [5.41, 5.74) is 0.211. The predicted molar refractivity (Wildman–Crippen MR) is 50.0 cm³/mol. The fraction of sp³-hybridized carbons (Fsp3) is 0.167. The fourth-order valence-corrected chi connectivity index (χ4v) is 2.06. The zero-order valence-corrected chi connectivity index (χ0v) is 9.54. The van der Waals surface area contributed by atoms with Crippen molar-refractivity contribution in [2.24, 2.45) is 0 Å². The monoisotopic (exact) mass is 287 g/mol. The summed E-state index contributed by atoms with van der Waals surface area (Å²) in [4.78, 5) is 3.04. The molecular formula is C6H4BrClFNO2S. The van der Waals surface area contributed by atoms with Gasteiger partial charge in [-0.15, -0.1) is 3.89 Å². The van der Waals surface area contributed by atoms with Crippen LogP contribution in [0.4, 0.5) is 3.89 Å². The molecule has 72 valence electrons. The molecule has 0 aliphatic carbocycles. The maximum Gasteiger partial charge on any atom is 0.333 e. The third-order valence-corrected chi connectivity index (χ3v) is 3.86. The van der Waals surface area contributed by atoms with Gasteiger partial charge in [-0.05, 0) is 28.4 Å². The number of nitrogens with zero attached hydrogens (tertiary/aromatic N) is 1. The van der Waals surface area contributed by atoms with Crippen LogP contribution < -0.4 is 0 Å². The molecule has 0 saturated carbocycles. The average Bonchev–Trinajstić information content (AvgIpc) is 1.98. The zero-order valence-electron chi connectivity index (χ0n) is 6.38. The second kappa shape index (κ2) is 3.51. The van der Waals surface area contributed by atoms with Crippen molar-refractivity contribution in [3.05, 3.63) is 21.4 Å². The molecule has 13 heavy (non-hydrogen) atoms. The first-order valence-corrected chi connectivity index (χ1v) is 5.64. The Morgan fingerprint density at radius 1 is 1.62 bits per heavy atom. The topological polar surface area (TPSA) is 47.0 Å². The predicted octanol–water partition coefficient (Wildman–Crippen LogP) is 2.46. The summed E-state index contributed by atoms with van der Waals surface area (Å²) in [5, 5.41) is 0.102. The second-order valence-corrected chi connectivity index (χ2v) is 4.76. The molecule has 1 aromatic rings. The Bertz CT molecular complexity index is 448. The van der Waals surface area contributed by atoms with E-state index >= 15 is 0 Å². The van der Waals surface area contributed by atoms with Gasteiger partial charge in [-0.1, -0.05) is 11.6 Å². The molecule has 0 bridgehead atoms. The molecule has 0 aliphatic rings. The highest BCUT2D eigenvalue weighted by Gasteiger charge is 2.18. The number of aromatic nitrogens is 1. The molecule has 0 amide bonds. The van der Waals surface area contributed by atoms with Gasteiger partial charge in [0.15, 0.2) is 0 Å². The van der Waals surface area contributed by atoms with E-state index in [0.29, 0.717) is 0 Å². The van der Waals surface area contributed by atoms with Crippen LogP contribution in [0.3, 0.4) is 0 Å². The van der Waals surface area contributed by atoms with Crippen LogP contribution in [0.5, 0.6) is 0 Å². The van der Waals surface area contributed by atoms with Crippen molar-refractivity contribution < 1.29 is 12.3 Å². The highest BCUT2D eigenvalue weighted by atomic mass is 79.9. The van der Waals surface area contributed by atoms with Crippen LogP contribution in [0, 0.1) is 6.92 Å². The Balaban J connectivity index is 3.53. The molecular weight excluding hydrogens is 284 g/mol. The van der Waals surface area contributed by atoms with E-state index in [0.717, 1.165) is 6.20 Å². The van der Waals surface area contributed by atoms with Crippen LogP contribution in [-0.4, -0.2) is 13.4 Å². The summed E-state index contributed by atoms with van der Waals surface area (Å²) in [6.07, 6.45) is 0.887. The first-order valence-electron chi connectivity index (χ1n) is 3.09. The van der Waals surface area contributed by atoms with E-state index in [9.17, 15) is 12.3 Å². The number of hydrogen-bond acceptors (Lipinski definition) is 3. The van der Waals surface area contributed by atoms with Gasteiger partial charge in [-0.3, -0.25) is 0 Å². The maximum absolute atomic E-state index is 12.6. The Kier molecular flexibility index (Phi) is 2.94. The van der Waals surface area contributed by atoms with Crippen molar-refractivity contribution in [3.8, 4) is 0 Å². The largest absolute Gasteiger partial charge is 0.333 e. The first kappa shape index (κ1) is 10.9. The van der Waals surface area contributed by atoms with E-state index in [1.54, 1.807) is 0 Å². The molecule has 0 aliphatic heterocycles. The Morgan fingerprint density at radius 3 is 2.62 bits per heavy atom. The lowest BCUT2D eigenvalue weighted by molar-refractivity contribution is 0.551. The van der Waals surface area contributed by atoms with E-state index in [2.05, 4.69) is 20.9 Å². The lowest BCUT2D eigenvalue weighted by Crippen LogP contribution is -1.98. The molecule has 0 fully saturated rings. The molecule has 0 aromatic carbocycles. The molecule has 0 saturated heterocycles. The quantitative estimate of drug-likeness (QED) is 0.589. The van der Waals surface area contributed by atoms with Crippen LogP contribution in [-0.2, 0) is 10.2 Å². The van der Waals surface area contributed by atoms with Crippen molar-refractivity contribution in [2.45, 2.75) is 11.8 Å².